The average molecular weight is 504 g/mol. The van der Waals surface area contributed by atoms with Crippen LogP contribution in [0.3, 0.4) is 0 Å². The summed E-state index contributed by atoms with van der Waals surface area (Å²) in [5.41, 5.74) is 1.79. The molecule has 0 aromatic heterocycles. The summed E-state index contributed by atoms with van der Waals surface area (Å²) in [4.78, 5) is 26.3. The van der Waals surface area contributed by atoms with Gasteiger partial charge in [-0.05, 0) is 48.0 Å². The summed E-state index contributed by atoms with van der Waals surface area (Å²) in [7, 11) is 1.48. The number of carbonyl (C=O) groups excluding carboxylic acids is 2. The number of carbonyl (C=O) groups is 2. The van der Waals surface area contributed by atoms with Crippen molar-refractivity contribution in [3.05, 3.63) is 92.6 Å². The number of halogens is 3. The van der Waals surface area contributed by atoms with E-state index in [2.05, 4.69) is 5.32 Å². The SMILES string of the molecule is COc1cc(/C=C2/NC(=O)N(c3cccc(Cl)c3)C2=O)cc(Cl)c1OCc1ccccc1Cl. The molecule has 0 unspecified atom stereocenters. The molecule has 1 saturated heterocycles. The highest BCUT2D eigenvalue weighted by Gasteiger charge is 2.35. The number of anilines is 1. The smallest absolute Gasteiger partial charge is 0.333 e. The molecule has 9 heteroatoms. The van der Waals surface area contributed by atoms with Crippen molar-refractivity contribution in [2.45, 2.75) is 6.61 Å². The molecule has 0 saturated carbocycles. The molecule has 1 aliphatic rings. The van der Waals surface area contributed by atoms with Gasteiger partial charge in [0.1, 0.15) is 12.3 Å². The molecule has 4 rings (SSSR count). The predicted molar refractivity (Wildman–Crippen MR) is 129 cm³/mol. The van der Waals surface area contributed by atoms with E-state index in [-0.39, 0.29) is 17.3 Å². The molecule has 0 spiro atoms. The normalized spacial score (nSPS) is 14.5. The van der Waals surface area contributed by atoms with E-state index in [0.717, 1.165) is 10.5 Å². The van der Waals surface area contributed by atoms with Gasteiger partial charge in [0.2, 0.25) is 0 Å². The van der Waals surface area contributed by atoms with E-state index in [9.17, 15) is 9.59 Å². The van der Waals surface area contributed by atoms with E-state index in [0.29, 0.717) is 32.8 Å². The Morgan fingerprint density at radius 1 is 0.970 bits per heavy atom. The zero-order valence-electron chi connectivity index (χ0n) is 17.3. The minimum Gasteiger partial charge on any atom is -0.493 e. The van der Waals surface area contributed by atoms with Crippen LogP contribution in [0.15, 0.2) is 66.4 Å². The van der Waals surface area contributed by atoms with Crippen molar-refractivity contribution in [2.75, 3.05) is 12.0 Å². The van der Waals surface area contributed by atoms with Gasteiger partial charge in [-0.2, -0.15) is 0 Å². The Morgan fingerprint density at radius 3 is 2.48 bits per heavy atom. The molecular weight excluding hydrogens is 487 g/mol. The molecule has 0 bridgehead atoms. The highest BCUT2D eigenvalue weighted by molar-refractivity contribution is 6.33. The summed E-state index contributed by atoms with van der Waals surface area (Å²) in [6.07, 6.45) is 1.51. The molecule has 1 heterocycles. The van der Waals surface area contributed by atoms with E-state index in [4.69, 9.17) is 44.3 Å². The maximum Gasteiger partial charge on any atom is 0.333 e. The number of imide groups is 1. The molecule has 3 aromatic carbocycles. The third-order valence-corrected chi connectivity index (χ3v) is 5.72. The van der Waals surface area contributed by atoms with Crippen molar-refractivity contribution < 1.29 is 19.1 Å². The fourth-order valence-corrected chi connectivity index (χ4v) is 3.93. The molecular formula is C24H17Cl3N2O4. The fraction of sp³-hybridized carbons (Fsp3) is 0.0833. The van der Waals surface area contributed by atoms with Crippen LogP contribution in [-0.4, -0.2) is 19.0 Å². The lowest BCUT2D eigenvalue weighted by Crippen LogP contribution is -2.30. The van der Waals surface area contributed by atoms with Gasteiger partial charge >= 0.3 is 6.03 Å². The molecule has 1 aliphatic heterocycles. The number of methoxy groups -OCH3 is 1. The second-order valence-electron chi connectivity index (χ2n) is 7.02. The summed E-state index contributed by atoms with van der Waals surface area (Å²) in [6, 6.07) is 16.5. The third kappa shape index (κ3) is 4.93. The van der Waals surface area contributed by atoms with Gasteiger partial charge in [0, 0.05) is 15.6 Å². The van der Waals surface area contributed by atoms with Crippen LogP contribution in [0.5, 0.6) is 11.5 Å². The van der Waals surface area contributed by atoms with Gasteiger partial charge in [0.05, 0.1) is 17.8 Å². The number of hydrogen-bond acceptors (Lipinski definition) is 4. The maximum absolute atomic E-state index is 12.9. The van der Waals surface area contributed by atoms with E-state index in [1.807, 2.05) is 18.2 Å². The Labute approximate surface area is 205 Å². The summed E-state index contributed by atoms with van der Waals surface area (Å²) >= 11 is 18.6. The number of nitrogens with zero attached hydrogens (tertiary/aromatic N) is 1. The average Bonchev–Trinajstić information content (AvgIpc) is 3.06. The topological polar surface area (TPSA) is 67.9 Å². The number of nitrogens with one attached hydrogen (secondary N) is 1. The van der Waals surface area contributed by atoms with Crippen molar-refractivity contribution in [3.63, 3.8) is 0 Å². The first-order valence-corrected chi connectivity index (χ1v) is 10.9. The number of amides is 3. The lowest BCUT2D eigenvalue weighted by atomic mass is 10.1. The zero-order chi connectivity index (χ0) is 23.5. The van der Waals surface area contributed by atoms with E-state index >= 15 is 0 Å². The summed E-state index contributed by atoms with van der Waals surface area (Å²) in [5, 5.41) is 3.83. The highest BCUT2D eigenvalue weighted by atomic mass is 35.5. The first-order chi connectivity index (χ1) is 15.9. The van der Waals surface area contributed by atoms with Crippen molar-refractivity contribution in [1.29, 1.82) is 0 Å². The molecule has 168 valence electrons. The number of benzene rings is 3. The van der Waals surface area contributed by atoms with Gasteiger partial charge in [0.15, 0.2) is 11.5 Å². The minimum absolute atomic E-state index is 0.0860. The number of urea groups is 1. The molecule has 0 aliphatic carbocycles. The van der Waals surface area contributed by atoms with Crippen molar-refractivity contribution >= 4 is 58.5 Å². The van der Waals surface area contributed by atoms with Crippen LogP contribution in [0.1, 0.15) is 11.1 Å². The molecule has 0 radical (unpaired) electrons. The molecule has 6 nitrogen and oxygen atoms in total. The van der Waals surface area contributed by atoms with E-state index in [1.165, 1.54) is 19.3 Å². The van der Waals surface area contributed by atoms with Gasteiger partial charge in [-0.3, -0.25) is 4.79 Å². The molecule has 3 amide bonds. The van der Waals surface area contributed by atoms with Gasteiger partial charge in [-0.15, -0.1) is 0 Å². The number of ether oxygens (including phenoxy) is 2. The summed E-state index contributed by atoms with van der Waals surface area (Å²) in [5.74, 6) is 0.185. The Balaban J connectivity index is 1.59. The molecule has 0 atom stereocenters. The Hall–Kier alpha value is -3.19. The number of hydrogen-bond donors (Lipinski definition) is 1. The summed E-state index contributed by atoms with van der Waals surface area (Å²) in [6.45, 7) is 0.194. The fourth-order valence-electron chi connectivity index (χ4n) is 3.28. The van der Waals surface area contributed by atoms with Gasteiger partial charge in [-0.25, -0.2) is 9.69 Å². The molecule has 1 fully saturated rings. The van der Waals surface area contributed by atoms with Crippen LogP contribution in [0, 0.1) is 0 Å². The lowest BCUT2D eigenvalue weighted by Gasteiger charge is -2.14. The van der Waals surface area contributed by atoms with E-state index in [1.54, 1.807) is 36.4 Å². The van der Waals surface area contributed by atoms with Crippen molar-refractivity contribution in [3.8, 4) is 11.5 Å². The van der Waals surface area contributed by atoms with Crippen molar-refractivity contribution in [1.82, 2.24) is 5.32 Å². The van der Waals surface area contributed by atoms with Crippen LogP contribution in [-0.2, 0) is 11.4 Å². The third-order valence-electron chi connectivity index (χ3n) is 4.84. The Kier molecular flexibility index (Phi) is 6.79. The first-order valence-electron chi connectivity index (χ1n) is 9.74. The lowest BCUT2D eigenvalue weighted by molar-refractivity contribution is -0.113. The van der Waals surface area contributed by atoms with E-state index < -0.39 is 11.9 Å². The van der Waals surface area contributed by atoms with Crippen molar-refractivity contribution in [2.24, 2.45) is 0 Å². The van der Waals surface area contributed by atoms with Crippen LogP contribution in [0.2, 0.25) is 15.1 Å². The second kappa shape index (κ2) is 9.75. The first kappa shape index (κ1) is 23.0. The van der Waals surface area contributed by atoms with Crippen LogP contribution in [0.4, 0.5) is 10.5 Å². The van der Waals surface area contributed by atoms with Crippen LogP contribution < -0.4 is 19.7 Å². The molecule has 3 aromatic rings. The number of rotatable bonds is 6. The van der Waals surface area contributed by atoms with Crippen LogP contribution in [0.25, 0.3) is 6.08 Å². The quantitative estimate of drug-likeness (QED) is 0.315. The van der Waals surface area contributed by atoms with Gasteiger partial charge < -0.3 is 14.8 Å². The minimum atomic E-state index is -0.578. The van der Waals surface area contributed by atoms with Gasteiger partial charge in [-0.1, -0.05) is 59.1 Å². The maximum atomic E-state index is 12.9. The second-order valence-corrected chi connectivity index (χ2v) is 8.27. The van der Waals surface area contributed by atoms with Gasteiger partial charge in [0.25, 0.3) is 5.91 Å². The highest BCUT2D eigenvalue weighted by Crippen LogP contribution is 2.38. The molecule has 33 heavy (non-hydrogen) atoms. The zero-order valence-corrected chi connectivity index (χ0v) is 19.5. The predicted octanol–water partition coefficient (Wildman–Crippen LogP) is 6.33. The Bertz CT molecular complexity index is 1280. The monoisotopic (exact) mass is 502 g/mol. The largest absolute Gasteiger partial charge is 0.493 e. The van der Waals surface area contributed by atoms with Crippen LogP contribution >= 0.6 is 34.8 Å². The molecule has 1 N–H and O–H groups in total. The standard InChI is InChI=1S/C24H17Cl3N2O4/c1-32-21-11-14(9-19(27)22(21)33-13-15-5-2-3-8-18(15)26)10-20-23(30)29(24(31)28-20)17-7-4-6-16(25)12-17/h2-12H,13H2,1H3,(H,28,31)/b20-10+. The Morgan fingerprint density at radius 2 is 1.76 bits per heavy atom. The summed E-state index contributed by atoms with van der Waals surface area (Å²) < 4.78 is 11.3.